The van der Waals surface area contributed by atoms with Crippen LogP contribution in [0.3, 0.4) is 0 Å². The normalized spacial score (nSPS) is 14.4. The van der Waals surface area contributed by atoms with Gasteiger partial charge in [-0.15, -0.1) is 0 Å². The Morgan fingerprint density at radius 2 is 1.68 bits per heavy atom. The minimum atomic E-state index is -3.66. The van der Waals surface area contributed by atoms with E-state index < -0.39 is 10.0 Å². The summed E-state index contributed by atoms with van der Waals surface area (Å²) in [5.74, 6) is -0.379. The molecule has 1 N–H and O–H groups in total. The molecule has 1 fully saturated rings. The zero-order valence-electron chi connectivity index (χ0n) is 21.8. The fraction of sp³-hybridized carbons (Fsp3) is 0.321. The Labute approximate surface area is 217 Å². The van der Waals surface area contributed by atoms with Crippen LogP contribution in [0.15, 0.2) is 47.4 Å². The zero-order valence-corrected chi connectivity index (χ0v) is 22.6. The van der Waals surface area contributed by atoms with E-state index in [2.05, 4.69) is 10.4 Å². The van der Waals surface area contributed by atoms with Gasteiger partial charge in [-0.2, -0.15) is 9.40 Å². The fourth-order valence-corrected chi connectivity index (χ4v) is 6.68. The first kappa shape index (κ1) is 25.1. The highest BCUT2D eigenvalue weighted by atomic mass is 32.2. The third-order valence-corrected chi connectivity index (χ3v) is 9.16. The van der Waals surface area contributed by atoms with Crippen molar-refractivity contribution < 1.29 is 13.2 Å². The zero-order chi connectivity index (χ0) is 26.5. The number of sulfonamides is 1. The van der Waals surface area contributed by atoms with Crippen molar-refractivity contribution in [3.63, 3.8) is 0 Å². The number of rotatable bonds is 5. The first-order valence-corrected chi connectivity index (χ1v) is 13.9. The van der Waals surface area contributed by atoms with Crippen LogP contribution in [0, 0.1) is 34.6 Å². The van der Waals surface area contributed by atoms with Gasteiger partial charge in [0.15, 0.2) is 11.3 Å². The molecule has 1 saturated heterocycles. The molecule has 5 rings (SSSR count). The summed E-state index contributed by atoms with van der Waals surface area (Å²) in [5, 5.41) is 7.66. The van der Waals surface area contributed by atoms with E-state index in [0.29, 0.717) is 41.1 Å². The Hall–Kier alpha value is -3.56. The molecule has 3 heterocycles. The second-order valence-electron chi connectivity index (χ2n) is 9.79. The average molecular weight is 518 g/mol. The maximum Gasteiger partial charge on any atom is 0.276 e. The van der Waals surface area contributed by atoms with E-state index in [1.165, 1.54) is 4.31 Å². The Kier molecular flexibility index (Phi) is 6.37. The van der Waals surface area contributed by atoms with Crippen molar-refractivity contribution in [3.05, 3.63) is 76.2 Å². The third kappa shape index (κ3) is 4.42. The van der Waals surface area contributed by atoms with Crippen molar-refractivity contribution in [2.75, 3.05) is 18.4 Å². The molecule has 0 bridgehead atoms. The lowest BCUT2D eigenvalue weighted by Gasteiger charge is -2.18. The number of hydrogen-bond acceptors (Lipinski definition) is 5. The van der Waals surface area contributed by atoms with Gasteiger partial charge >= 0.3 is 0 Å². The van der Waals surface area contributed by atoms with Gasteiger partial charge in [0.1, 0.15) is 0 Å². The molecule has 0 aliphatic carbocycles. The number of carbonyl (C=O) groups is 1. The first-order valence-electron chi connectivity index (χ1n) is 12.4. The maximum atomic E-state index is 13.7. The average Bonchev–Trinajstić information content (AvgIpc) is 3.52. The largest absolute Gasteiger partial charge is 0.320 e. The Morgan fingerprint density at radius 1 is 0.946 bits per heavy atom. The molecule has 2 aromatic carbocycles. The van der Waals surface area contributed by atoms with Crippen molar-refractivity contribution >= 4 is 27.3 Å². The quantitative estimate of drug-likeness (QED) is 0.403. The van der Waals surface area contributed by atoms with Crippen LogP contribution in [0.2, 0.25) is 0 Å². The van der Waals surface area contributed by atoms with Crippen LogP contribution in [-0.2, 0) is 10.0 Å². The lowest BCUT2D eigenvalue weighted by Crippen LogP contribution is -2.28. The number of aromatic nitrogens is 3. The molecular weight excluding hydrogens is 486 g/mol. The minimum Gasteiger partial charge on any atom is -0.320 e. The number of nitrogens with zero attached hydrogens (tertiary/aromatic N) is 4. The van der Waals surface area contributed by atoms with Crippen LogP contribution in [-0.4, -0.2) is 46.3 Å². The second kappa shape index (κ2) is 9.39. The van der Waals surface area contributed by atoms with Gasteiger partial charge in [-0.3, -0.25) is 4.79 Å². The molecule has 37 heavy (non-hydrogen) atoms. The van der Waals surface area contributed by atoms with Crippen LogP contribution in [0.1, 0.15) is 51.4 Å². The highest BCUT2D eigenvalue weighted by Crippen LogP contribution is 2.34. The van der Waals surface area contributed by atoms with Gasteiger partial charge in [-0.05, 0) is 87.9 Å². The summed E-state index contributed by atoms with van der Waals surface area (Å²) in [4.78, 5) is 18.6. The number of anilines is 1. The van der Waals surface area contributed by atoms with Crippen LogP contribution in [0.5, 0.6) is 0 Å². The van der Waals surface area contributed by atoms with E-state index in [-0.39, 0.29) is 16.5 Å². The SMILES string of the molecule is Cc1cc(C)n2nc(C(=O)Nc3cccc(C)c3C)c(-c3ccc(C)c(S(=O)(=O)N4CCCC4)c3)c2n1. The van der Waals surface area contributed by atoms with E-state index in [4.69, 9.17) is 4.98 Å². The molecule has 0 radical (unpaired) electrons. The molecule has 2 aromatic heterocycles. The summed E-state index contributed by atoms with van der Waals surface area (Å²) >= 11 is 0. The maximum absolute atomic E-state index is 13.7. The molecule has 0 spiro atoms. The Balaban J connectivity index is 1.69. The summed E-state index contributed by atoms with van der Waals surface area (Å²) in [6.45, 7) is 10.6. The van der Waals surface area contributed by atoms with Gasteiger partial charge in [0, 0.05) is 30.2 Å². The van der Waals surface area contributed by atoms with E-state index in [1.54, 1.807) is 23.6 Å². The van der Waals surface area contributed by atoms with Crippen molar-refractivity contribution in [1.29, 1.82) is 0 Å². The van der Waals surface area contributed by atoms with Crippen molar-refractivity contribution in [1.82, 2.24) is 18.9 Å². The van der Waals surface area contributed by atoms with Crippen LogP contribution in [0.25, 0.3) is 16.8 Å². The van der Waals surface area contributed by atoms with Gasteiger partial charge in [-0.25, -0.2) is 17.9 Å². The van der Waals surface area contributed by atoms with E-state index in [1.807, 2.05) is 58.0 Å². The van der Waals surface area contributed by atoms with Crippen molar-refractivity contribution in [2.24, 2.45) is 0 Å². The minimum absolute atomic E-state index is 0.190. The number of nitrogens with one attached hydrogen (secondary N) is 1. The standard InChI is InChI=1S/C28H31N5O3S/c1-17-9-8-10-23(21(17)5)30-28(34)26-25(27-29-19(3)15-20(4)33(27)31-26)22-12-11-18(2)24(16-22)37(35,36)32-13-6-7-14-32/h8-12,15-16H,6-7,13-14H2,1-5H3,(H,30,34). The number of aryl methyl sites for hydroxylation is 4. The third-order valence-electron chi connectivity index (χ3n) is 7.12. The van der Waals surface area contributed by atoms with Crippen LogP contribution >= 0.6 is 0 Å². The molecule has 0 atom stereocenters. The van der Waals surface area contributed by atoms with Crippen molar-refractivity contribution in [3.8, 4) is 11.1 Å². The predicted octanol–water partition coefficient (Wildman–Crippen LogP) is 4.98. The first-order chi connectivity index (χ1) is 17.6. The number of carbonyl (C=O) groups excluding carboxylic acids is 1. The lowest BCUT2D eigenvalue weighted by molar-refractivity contribution is 0.102. The fourth-order valence-electron chi connectivity index (χ4n) is 4.91. The lowest BCUT2D eigenvalue weighted by atomic mass is 10.0. The number of hydrogen-bond donors (Lipinski definition) is 1. The highest BCUT2D eigenvalue weighted by Gasteiger charge is 2.30. The predicted molar refractivity (Wildman–Crippen MR) is 144 cm³/mol. The molecule has 192 valence electrons. The molecule has 0 unspecified atom stereocenters. The molecule has 0 saturated carbocycles. The summed E-state index contributed by atoms with van der Waals surface area (Å²) < 4.78 is 30.2. The van der Waals surface area contributed by atoms with Gasteiger partial charge in [-0.1, -0.05) is 24.3 Å². The molecule has 4 aromatic rings. The van der Waals surface area contributed by atoms with Gasteiger partial charge in [0.05, 0.1) is 10.5 Å². The van der Waals surface area contributed by atoms with E-state index in [9.17, 15) is 13.2 Å². The Bertz CT molecular complexity index is 1650. The Morgan fingerprint density at radius 3 is 2.41 bits per heavy atom. The van der Waals surface area contributed by atoms with E-state index >= 15 is 0 Å². The van der Waals surface area contributed by atoms with Crippen LogP contribution in [0.4, 0.5) is 5.69 Å². The smallest absolute Gasteiger partial charge is 0.276 e. The van der Waals surface area contributed by atoms with Crippen molar-refractivity contribution in [2.45, 2.75) is 52.4 Å². The van der Waals surface area contributed by atoms with Gasteiger partial charge in [0.2, 0.25) is 10.0 Å². The summed E-state index contributed by atoms with van der Waals surface area (Å²) in [6, 6.07) is 12.9. The number of amides is 1. The summed E-state index contributed by atoms with van der Waals surface area (Å²) in [7, 11) is -3.66. The summed E-state index contributed by atoms with van der Waals surface area (Å²) in [6.07, 6.45) is 1.72. The molecule has 1 amide bonds. The number of benzene rings is 2. The molecule has 8 nitrogen and oxygen atoms in total. The topological polar surface area (TPSA) is 96.7 Å². The van der Waals surface area contributed by atoms with E-state index in [0.717, 1.165) is 35.4 Å². The highest BCUT2D eigenvalue weighted by molar-refractivity contribution is 7.89. The van der Waals surface area contributed by atoms with Gasteiger partial charge in [0.25, 0.3) is 5.91 Å². The molecule has 9 heteroatoms. The molecular formula is C28H31N5O3S. The summed E-state index contributed by atoms with van der Waals surface area (Å²) in [5.41, 5.74) is 6.80. The number of fused-ring (bicyclic) bond motifs is 1. The van der Waals surface area contributed by atoms with Gasteiger partial charge < -0.3 is 5.32 Å². The monoisotopic (exact) mass is 517 g/mol. The molecule has 1 aliphatic heterocycles. The second-order valence-corrected chi connectivity index (χ2v) is 11.7. The molecule has 1 aliphatic rings. The van der Waals surface area contributed by atoms with Crippen LogP contribution < -0.4 is 5.32 Å².